The molecule has 0 saturated heterocycles. The molecular weight excluding hydrogens is 306 g/mol. The van der Waals surface area contributed by atoms with Gasteiger partial charge < -0.3 is 10.1 Å². The van der Waals surface area contributed by atoms with E-state index >= 15 is 0 Å². The average Bonchev–Trinajstić information content (AvgIpc) is 2.51. The molecule has 1 N–H and O–H groups in total. The summed E-state index contributed by atoms with van der Waals surface area (Å²) in [4.78, 5) is 0. The predicted octanol–water partition coefficient (Wildman–Crippen LogP) is 6.08. The summed E-state index contributed by atoms with van der Waals surface area (Å²) in [6, 6.07) is 15.1. The van der Waals surface area contributed by atoms with Crippen molar-refractivity contribution in [2.24, 2.45) is 0 Å². The lowest BCUT2D eigenvalue weighted by atomic mass is 9.80. The zero-order valence-electron chi connectivity index (χ0n) is 16.9. The van der Waals surface area contributed by atoms with E-state index < -0.39 is 0 Å². The van der Waals surface area contributed by atoms with Crippen LogP contribution >= 0.6 is 0 Å². The third kappa shape index (κ3) is 5.52. The second kappa shape index (κ2) is 7.51. The maximum absolute atomic E-state index is 6.11. The lowest BCUT2D eigenvalue weighted by Crippen LogP contribution is -2.19. The Morgan fingerprint density at radius 2 is 1.48 bits per heavy atom. The monoisotopic (exact) mass is 339 g/mol. The van der Waals surface area contributed by atoms with Crippen LogP contribution in [0.2, 0.25) is 0 Å². The van der Waals surface area contributed by atoms with Crippen molar-refractivity contribution < 1.29 is 4.74 Å². The van der Waals surface area contributed by atoms with Gasteiger partial charge in [0.15, 0.2) is 0 Å². The third-order valence-electron chi connectivity index (χ3n) is 4.39. The summed E-state index contributed by atoms with van der Waals surface area (Å²) in [6.45, 7) is 17.0. The molecule has 0 spiro atoms. The predicted molar refractivity (Wildman–Crippen MR) is 109 cm³/mol. The largest absolute Gasteiger partial charge is 0.491 e. The minimum Gasteiger partial charge on any atom is -0.491 e. The quantitative estimate of drug-likeness (QED) is 0.666. The first-order valence-corrected chi connectivity index (χ1v) is 9.16. The maximum atomic E-state index is 6.11. The molecule has 0 unspecified atom stereocenters. The highest BCUT2D eigenvalue weighted by molar-refractivity contribution is 5.45. The molecule has 2 aromatic rings. The summed E-state index contributed by atoms with van der Waals surface area (Å²) in [5.74, 6) is 0.992. The molecule has 136 valence electrons. The Hall–Kier alpha value is -1.96. The Bertz CT molecular complexity index is 688. The van der Waals surface area contributed by atoms with Crippen molar-refractivity contribution >= 4 is 5.69 Å². The first kappa shape index (κ1) is 19.4. The number of anilines is 1. The van der Waals surface area contributed by atoms with Gasteiger partial charge >= 0.3 is 0 Å². The van der Waals surface area contributed by atoms with Crippen molar-refractivity contribution in [3.05, 3.63) is 59.2 Å². The molecule has 0 aliphatic carbocycles. The van der Waals surface area contributed by atoms with Crippen molar-refractivity contribution in [2.75, 3.05) is 18.5 Å². The normalized spacial score (nSPS) is 12.1. The highest BCUT2D eigenvalue weighted by Crippen LogP contribution is 2.35. The SMILES string of the molecule is Cc1ccc(NCCOc2ccc(C(C)(C)C)cc2C(C)(C)C)cc1. The number of nitrogens with one attached hydrogen (secondary N) is 1. The topological polar surface area (TPSA) is 21.3 Å². The van der Waals surface area contributed by atoms with E-state index in [4.69, 9.17) is 4.74 Å². The fourth-order valence-electron chi connectivity index (χ4n) is 2.74. The molecule has 0 radical (unpaired) electrons. The van der Waals surface area contributed by atoms with E-state index in [1.54, 1.807) is 0 Å². The zero-order chi connectivity index (χ0) is 18.7. The van der Waals surface area contributed by atoms with Crippen LogP contribution in [-0.2, 0) is 10.8 Å². The summed E-state index contributed by atoms with van der Waals surface area (Å²) >= 11 is 0. The Labute approximate surface area is 153 Å². The van der Waals surface area contributed by atoms with Gasteiger partial charge in [-0.1, -0.05) is 71.4 Å². The third-order valence-corrected chi connectivity index (χ3v) is 4.39. The van der Waals surface area contributed by atoms with Crippen molar-refractivity contribution in [3.63, 3.8) is 0 Å². The summed E-state index contributed by atoms with van der Waals surface area (Å²) in [5.41, 5.74) is 5.23. The number of hydrogen-bond donors (Lipinski definition) is 1. The van der Waals surface area contributed by atoms with E-state index in [2.05, 4.69) is 96.2 Å². The lowest BCUT2D eigenvalue weighted by molar-refractivity contribution is 0.322. The molecule has 0 aliphatic rings. The molecule has 0 amide bonds. The fourth-order valence-corrected chi connectivity index (χ4v) is 2.74. The highest BCUT2D eigenvalue weighted by atomic mass is 16.5. The van der Waals surface area contributed by atoms with E-state index in [-0.39, 0.29) is 10.8 Å². The molecule has 0 fully saturated rings. The van der Waals surface area contributed by atoms with Crippen molar-refractivity contribution in [2.45, 2.75) is 59.3 Å². The second-order valence-corrected chi connectivity index (χ2v) is 8.85. The molecule has 0 atom stereocenters. The first-order valence-electron chi connectivity index (χ1n) is 9.16. The summed E-state index contributed by atoms with van der Waals surface area (Å²) in [5, 5.41) is 3.41. The second-order valence-electron chi connectivity index (χ2n) is 8.85. The van der Waals surface area contributed by atoms with Crippen LogP contribution in [0, 0.1) is 6.92 Å². The molecule has 0 saturated carbocycles. The number of benzene rings is 2. The van der Waals surface area contributed by atoms with Gasteiger partial charge in [0.25, 0.3) is 0 Å². The molecule has 2 aromatic carbocycles. The van der Waals surface area contributed by atoms with E-state index in [9.17, 15) is 0 Å². The van der Waals surface area contributed by atoms with Crippen molar-refractivity contribution in [1.29, 1.82) is 0 Å². The van der Waals surface area contributed by atoms with Crippen LogP contribution in [0.25, 0.3) is 0 Å². The molecule has 0 bridgehead atoms. The summed E-state index contributed by atoms with van der Waals surface area (Å²) in [6.07, 6.45) is 0. The van der Waals surface area contributed by atoms with Gasteiger partial charge in [0, 0.05) is 12.2 Å². The van der Waals surface area contributed by atoms with Crippen LogP contribution < -0.4 is 10.1 Å². The smallest absolute Gasteiger partial charge is 0.123 e. The minimum atomic E-state index is 0.0565. The highest BCUT2D eigenvalue weighted by Gasteiger charge is 2.22. The molecule has 2 nitrogen and oxygen atoms in total. The molecule has 0 aromatic heterocycles. The van der Waals surface area contributed by atoms with Gasteiger partial charge in [0.1, 0.15) is 12.4 Å². The van der Waals surface area contributed by atoms with Crippen LogP contribution in [0.4, 0.5) is 5.69 Å². The van der Waals surface area contributed by atoms with Crippen molar-refractivity contribution in [3.8, 4) is 5.75 Å². The van der Waals surface area contributed by atoms with Crippen LogP contribution in [0.15, 0.2) is 42.5 Å². The first-order chi connectivity index (χ1) is 11.6. The maximum Gasteiger partial charge on any atom is 0.123 e. The molecule has 25 heavy (non-hydrogen) atoms. The van der Waals surface area contributed by atoms with Gasteiger partial charge in [0.05, 0.1) is 0 Å². The number of ether oxygens (including phenoxy) is 1. The van der Waals surface area contributed by atoms with Crippen molar-refractivity contribution in [1.82, 2.24) is 0 Å². The van der Waals surface area contributed by atoms with Gasteiger partial charge in [-0.15, -0.1) is 0 Å². The molecule has 2 rings (SSSR count). The van der Waals surface area contributed by atoms with Gasteiger partial charge in [0.2, 0.25) is 0 Å². The summed E-state index contributed by atoms with van der Waals surface area (Å²) < 4.78 is 6.11. The van der Waals surface area contributed by atoms with Crippen LogP contribution in [0.1, 0.15) is 58.2 Å². The standard InChI is InChI=1S/C23H33NO/c1-17-8-11-19(12-9-17)24-14-15-25-21-13-10-18(22(2,3)4)16-20(21)23(5,6)7/h8-13,16,24H,14-15H2,1-7H3. The Morgan fingerprint density at radius 1 is 0.840 bits per heavy atom. The molecule has 0 heterocycles. The zero-order valence-corrected chi connectivity index (χ0v) is 16.9. The summed E-state index contributed by atoms with van der Waals surface area (Å²) in [7, 11) is 0. The number of aryl methyl sites for hydroxylation is 1. The van der Waals surface area contributed by atoms with Gasteiger partial charge in [-0.2, -0.15) is 0 Å². The van der Waals surface area contributed by atoms with Crippen LogP contribution in [0.5, 0.6) is 5.75 Å². The lowest BCUT2D eigenvalue weighted by Gasteiger charge is -2.27. The van der Waals surface area contributed by atoms with E-state index in [0.29, 0.717) is 6.61 Å². The van der Waals surface area contributed by atoms with E-state index in [1.807, 2.05) is 0 Å². The Morgan fingerprint density at radius 3 is 2.04 bits per heavy atom. The van der Waals surface area contributed by atoms with Gasteiger partial charge in [-0.25, -0.2) is 0 Å². The molecular formula is C23H33NO. The number of rotatable bonds is 5. The Kier molecular flexibility index (Phi) is 5.82. The Balaban J connectivity index is 2.04. The number of hydrogen-bond acceptors (Lipinski definition) is 2. The van der Waals surface area contributed by atoms with Crippen LogP contribution in [0.3, 0.4) is 0 Å². The van der Waals surface area contributed by atoms with E-state index in [1.165, 1.54) is 16.7 Å². The van der Waals surface area contributed by atoms with Gasteiger partial charge in [-0.3, -0.25) is 0 Å². The molecule has 2 heteroatoms. The van der Waals surface area contributed by atoms with Crippen LogP contribution in [-0.4, -0.2) is 13.2 Å². The van der Waals surface area contributed by atoms with E-state index in [0.717, 1.165) is 18.0 Å². The average molecular weight is 340 g/mol. The van der Waals surface area contributed by atoms with Gasteiger partial charge in [-0.05, 0) is 47.1 Å². The fraction of sp³-hybridized carbons (Fsp3) is 0.478. The minimum absolute atomic E-state index is 0.0565. The molecule has 0 aliphatic heterocycles.